The first-order valence-corrected chi connectivity index (χ1v) is 5.38. The molecule has 0 bridgehead atoms. The Bertz CT molecular complexity index is 427. The Labute approximate surface area is 99.3 Å². The normalized spacial score (nSPS) is 23.1. The molecule has 1 aromatic carbocycles. The lowest BCUT2D eigenvalue weighted by Gasteiger charge is -2.24. The number of rotatable bonds is 4. The predicted octanol–water partition coefficient (Wildman–Crippen LogP) is 2.79. The van der Waals surface area contributed by atoms with E-state index in [4.69, 9.17) is 15.0 Å². The van der Waals surface area contributed by atoms with Crippen LogP contribution in [0.15, 0.2) is 47.6 Å². The van der Waals surface area contributed by atoms with Crippen LogP contribution in [0.5, 0.6) is 0 Å². The van der Waals surface area contributed by atoms with Gasteiger partial charge in [0.15, 0.2) is 6.29 Å². The highest BCUT2D eigenvalue weighted by Crippen LogP contribution is 2.15. The molecule has 0 aromatic heterocycles. The van der Waals surface area contributed by atoms with Crippen molar-refractivity contribution in [1.82, 2.24) is 0 Å². The van der Waals surface area contributed by atoms with Crippen molar-refractivity contribution < 1.29 is 9.47 Å². The van der Waals surface area contributed by atoms with Gasteiger partial charge in [-0.1, -0.05) is 47.6 Å². The third kappa shape index (κ3) is 3.32. The summed E-state index contributed by atoms with van der Waals surface area (Å²) in [6.07, 6.45) is 3.12. The Hall–Kier alpha value is -1.81. The molecular weight excluding hydrogens is 218 g/mol. The maximum Gasteiger partial charge on any atom is 0.170 e. The summed E-state index contributed by atoms with van der Waals surface area (Å²) >= 11 is 0. The van der Waals surface area contributed by atoms with Gasteiger partial charge in [-0.05, 0) is 11.1 Å². The lowest BCUT2D eigenvalue weighted by Crippen LogP contribution is -2.31. The van der Waals surface area contributed by atoms with Gasteiger partial charge in [-0.3, -0.25) is 0 Å². The van der Waals surface area contributed by atoms with E-state index in [1.807, 2.05) is 36.4 Å². The fourth-order valence-electron chi connectivity index (χ4n) is 1.59. The highest BCUT2D eigenvalue weighted by atomic mass is 16.7. The second-order valence-corrected chi connectivity index (χ2v) is 3.62. The highest BCUT2D eigenvalue weighted by Gasteiger charge is 2.21. The van der Waals surface area contributed by atoms with Crippen LogP contribution < -0.4 is 0 Å². The maximum absolute atomic E-state index is 8.43. The summed E-state index contributed by atoms with van der Waals surface area (Å²) in [6, 6.07) is 9.41. The molecule has 0 aliphatic carbocycles. The van der Waals surface area contributed by atoms with Gasteiger partial charge in [-0.2, -0.15) is 0 Å². The average molecular weight is 231 g/mol. The van der Waals surface area contributed by atoms with Gasteiger partial charge in [-0.15, -0.1) is 0 Å². The molecule has 0 saturated heterocycles. The molecule has 1 aliphatic heterocycles. The fraction of sp³-hybridized carbons (Fsp3) is 0.333. The molecule has 0 amide bonds. The summed E-state index contributed by atoms with van der Waals surface area (Å²) < 4.78 is 11.0. The van der Waals surface area contributed by atoms with Crippen molar-refractivity contribution in [1.29, 1.82) is 0 Å². The van der Waals surface area contributed by atoms with Crippen molar-refractivity contribution in [3.05, 3.63) is 58.5 Å². The molecular formula is C12H13N3O2. The molecule has 0 fully saturated rings. The van der Waals surface area contributed by atoms with Gasteiger partial charge in [0.2, 0.25) is 0 Å². The molecule has 0 spiro atoms. The van der Waals surface area contributed by atoms with Crippen molar-refractivity contribution in [2.75, 3.05) is 6.61 Å². The monoisotopic (exact) mass is 231 g/mol. The molecule has 1 aliphatic rings. The second-order valence-electron chi connectivity index (χ2n) is 3.62. The topological polar surface area (TPSA) is 67.2 Å². The SMILES string of the molecule is [N-]=[N+]=N[C@@H]1C=CCO[C@@H]1OCc1ccccc1. The van der Waals surface area contributed by atoms with E-state index in [1.54, 1.807) is 6.08 Å². The van der Waals surface area contributed by atoms with Crippen LogP contribution in [0.3, 0.4) is 0 Å². The Morgan fingerprint density at radius 3 is 3.00 bits per heavy atom. The molecule has 5 heteroatoms. The van der Waals surface area contributed by atoms with Crippen molar-refractivity contribution in [3.8, 4) is 0 Å². The first-order chi connectivity index (χ1) is 8.40. The smallest absolute Gasteiger partial charge is 0.170 e. The summed E-state index contributed by atoms with van der Waals surface area (Å²) in [5.74, 6) is 0. The molecule has 0 N–H and O–H groups in total. The van der Waals surface area contributed by atoms with Crippen LogP contribution in [0.4, 0.5) is 0 Å². The van der Waals surface area contributed by atoms with Gasteiger partial charge in [0, 0.05) is 4.91 Å². The Kier molecular flexibility index (Phi) is 4.16. The lowest BCUT2D eigenvalue weighted by atomic mass is 10.2. The van der Waals surface area contributed by atoms with Gasteiger partial charge in [0.05, 0.1) is 13.2 Å². The molecule has 17 heavy (non-hydrogen) atoms. The van der Waals surface area contributed by atoms with E-state index in [1.165, 1.54) is 0 Å². The van der Waals surface area contributed by atoms with Gasteiger partial charge < -0.3 is 9.47 Å². The van der Waals surface area contributed by atoms with Crippen LogP contribution in [-0.4, -0.2) is 18.9 Å². The standard InChI is InChI=1S/C12H13N3O2/c13-15-14-11-7-4-8-16-12(11)17-9-10-5-2-1-3-6-10/h1-7,11-12H,8-9H2/t11-,12-/m1/s1. The van der Waals surface area contributed by atoms with E-state index in [0.717, 1.165) is 5.56 Å². The van der Waals surface area contributed by atoms with Crippen molar-refractivity contribution in [3.63, 3.8) is 0 Å². The molecule has 0 unspecified atom stereocenters. The summed E-state index contributed by atoms with van der Waals surface area (Å²) in [4.78, 5) is 2.78. The summed E-state index contributed by atoms with van der Waals surface area (Å²) in [5, 5.41) is 3.62. The Balaban J connectivity index is 1.94. The van der Waals surface area contributed by atoms with Crippen molar-refractivity contribution in [2.24, 2.45) is 5.11 Å². The van der Waals surface area contributed by atoms with Crippen LogP contribution in [0, 0.1) is 0 Å². The van der Waals surface area contributed by atoms with Crippen LogP contribution in [0.2, 0.25) is 0 Å². The molecule has 2 rings (SSSR count). The van der Waals surface area contributed by atoms with Gasteiger partial charge in [0.1, 0.15) is 6.04 Å². The number of benzene rings is 1. The number of hydrogen-bond donors (Lipinski definition) is 0. The molecule has 5 nitrogen and oxygen atoms in total. The van der Waals surface area contributed by atoms with Crippen LogP contribution in [0.25, 0.3) is 10.4 Å². The van der Waals surface area contributed by atoms with E-state index >= 15 is 0 Å². The second kappa shape index (κ2) is 6.06. The van der Waals surface area contributed by atoms with Gasteiger partial charge in [-0.25, -0.2) is 0 Å². The minimum Gasteiger partial charge on any atom is -0.348 e. The predicted molar refractivity (Wildman–Crippen MR) is 63.0 cm³/mol. The van der Waals surface area contributed by atoms with E-state index in [9.17, 15) is 0 Å². The van der Waals surface area contributed by atoms with E-state index < -0.39 is 12.3 Å². The number of azide groups is 1. The average Bonchev–Trinajstić information content (AvgIpc) is 2.39. The number of ether oxygens (including phenoxy) is 2. The minimum atomic E-state index is -0.504. The summed E-state index contributed by atoms with van der Waals surface area (Å²) in [6.45, 7) is 0.924. The van der Waals surface area contributed by atoms with Crippen molar-refractivity contribution >= 4 is 0 Å². The van der Waals surface area contributed by atoms with E-state index in [0.29, 0.717) is 13.2 Å². The third-order valence-corrected chi connectivity index (χ3v) is 2.41. The molecule has 88 valence electrons. The summed E-state index contributed by atoms with van der Waals surface area (Å²) in [7, 11) is 0. The lowest BCUT2D eigenvalue weighted by molar-refractivity contribution is -0.152. The molecule has 1 aromatic rings. The van der Waals surface area contributed by atoms with Crippen LogP contribution in [0.1, 0.15) is 5.56 Å². The minimum absolute atomic E-state index is 0.391. The largest absolute Gasteiger partial charge is 0.348 e. The first kappa shape index (κ1) is 11.7. The zero-order chi connectivity index (χ0) is 11.9. The molecule has 1 heterocycles. The Morgan fingerprint density at radius 1 is 1.41 bits per heavy atom. The van der Waals surface area contributed by atoms with E-state index in [-0.39, 0.29) is 0 Å². The van der Waals surface area contributed by atoms with Crippen LogP contribution in [-0.2, 0) is 16.1 Å². The maximum atomic E-state index is 8.43. The van der Waals surface area contributed by atoms with E-state index in [2.05, 4.69) is 10.0 Å². The third-order valence-electron chi connectivity index (χ3n) is 2.41. The molecule has 0 saturated carbocycles. The first-order valence-electron chi connectivity index (χ1n) is 5.38. The van der Waals surface area contributed by atoms with Gasteiger partial charge >= 0.3 is 0 Å². The van der Waals surface area contributed by atoms with Crippen molar-refractivity contribution in [2.45, 2.75) is 18.9 Å². The Morgan fingerprint density at radius 2 is 2.24 bits per heavy atom. The zero-order valence-corrected chi connectivity index (χ0v) is 9.27. The highest BCUT2D eigenvalue weighted by molar-refractivity contribution is 5.13. The van der Waals surface area contributed by atoms with Crippen LogP contribution >= 0.6 is 0 Å². The quantitative estimate of drug-likeness (QED) is 0.346. The molecule has 2 atom stereocenters. The zero-order valence-electron chi connectivity index (χ0n) is 9.27. The molecule has 0 radical (unpaired) electrons. The number of nitrogens with zero attached hydrogens (tertiary/aromatic N) is 3. The fourth-order valence-corrected chi connectivity index (χ4v) is 1.59. The number of hydrogen-bond acceptors (Lipinski definition) is 3. The van der Waals surface area contributed by atoms with Gasteiger partial charge in [0.25, 0.3) is 0 Å². The summed E-state index contributed by atoms with van der Waals surface area (Å²) in [5.41, 5.74) is 9.50.